The molecule has 1 aromatic heterocycles. The Kier molecular flexibility index (Phi) is 4.87. The van der Waals surface area contributed by atoms with Crippen LogP contribution in [0.2, 0.25) is 0 Å². The Morgan fingerprint density at radius 1 is 1.40 bits per heavy atom. The largest absolute Gasteiger partial charge is 0.347 e. The zero-order valence-corrected chi connectivity index (χ0v) is 14.5. The van der Waals surface area contributed by atoms with Crippen LogP contribution in [0.5, 0.6) is 0 Å². The number of hydrogen-bond acceptors (Lipinski definition) is 4. The maximum atomic E-state index is 13.1. The molecule has 1 aliphatic heterocycles. The van der Waals surface area contributed by atoms with E-state index in [4.69, 9.17) is 0 Å². The number of aromatic nitrogens is 2. The lowest BCUT2D eigenvalue weighted by Crippen LogP contribution is -2.46. The van der Waals surface area contributed by atoms with Gasteiger partial charge in [0.1, 0.15) is 17.7 Å². The first-order valence-corrected chi connectivity index (χ1v) is 9.34. The number of carbonyl (C=O) groups excluding carboxylic acids is 1. The Bertz CT molecular complexity index is 837. The molecule has 0 radical (unpaired) electrons. The van der Waals surface area contributed by atoms with E-state index in [0.29, 0.717) is 18.7 Å². The van der Waals surface area contributed by atoms with Crippen molar-refractivity contribution in [1.29, 1.82) is 0 Å². The fourth-order valence-electron chi connectivity index (χ4n) is 2.96. The number of imidazole rings is 1. The quantitative estimate of drug-likeness (QED) is 0.866. The zero-order valence-electron chi connectivity index (χ0n) is 13.7. The van der Waals surface area contributed by atoms with E-state index < -0.39 is 21.9 Å². The van der Waals surface area contributed by atoms with Gasteiger partial charge in [-0.3, -0.25) is 4.79 Å². The van der Waals surface area contributed by atoms with Gasteiger partial charge >= 0.3 is 0 Å². The fraction of sp³-hybridized carbons (Fsp3) is 0.375. The van der Waals surface area contributed by atoms with E-state index in [1.165, 1.54) is 21.3 Å². The lowest BCUT2D eigenvalue weighted by Gasteiger charge is -2.27. The number of nitrogens with zero attached hydrogens (tertiary/aromatic N) is 3. The normalized spacial score (nSPS) is 18.4. The molecule has 1 fully saturated rings. The summed E-state index contributed by atoms with van der Waals surface area (Å²) in [6.07, 6.45) is 4.32. The van der Waals surface area contributed by atoms with Crippen LogP contribution in [0, 0.1) is 5.82 Å². The van der Waals surface area contributed by atoms with E-state index in [2.05, 4.69) is 9.97 Å². The molecule has 0 aliphatic carbocycles. The molecule has 9 heteroatoms. The van der Waals surface area contributed by atoms with Gasteiger partial charge in [-0.2, -0.15) is 4.31 Å². The monoisotopic (exact) mass is 366 g/mol. The van der Waals surface area contributed by atoms with Crippen molar-refractivity contribution < 1.29 is 17.6 Å². The summed E-state index contributed by atoms with van der Waals surface area (Å²) in [6.45, 7) is 0.539. The van der Waals surface area contributed by atoms with Crippen molar-refractivity contribution in [2.24, 2.45) is 0 Å². The minimum Gasteiger partial charge on any atom is -0.347 e. The molecule has 2 heterocycles. The highest BCUT2D eigenvalue weighted by atomic mass is 32.2. The first-order chi connectivity index (χ1) is 11.9. The van der Waals surface area contributed by atoms with Gasteiger partial charge in [0.05, 0.1) is 11.4 Å². The van der Waals surface area contributed by atoms with Crippen molar-refractivity contribution in [2.75, 3.05) is 13.6 Å². The first-order valence-electron chi connectivity index (χ1n) is 7.90. The number of benzene rings is 1. The molecule has 0 bridgehead atoms. The maximum absolute atomic E-state index is 13.1. The van der Waals surface area contributed by atoms with Gasteiger partial charge in [0.25, 0.3) is 0 Å². The fourth-order valence-corrected chi connectivity index (χ4v) is 4.61. The summed E-state index contributed by atoms with van der Waals surface area (Å²) >= 11 is 0. The van der Waals surface area contributed by atoms with Crippen molar-refractivity contribution >= 4 is 15.9 Å². The van der Waals surface area contributed by atoms with Crippen LogP contribution in [0.3, 0.4) is 0 Å². The van der Waals surface area contributed by atoms with Crippen LogP contribution in [0.1, 0.15) is 18.7 Å². The molecule has 3 rings (SSSR count). The van der Waals surface area contributed by atoms with E-state index in [9.17, 15) is 17.6 Å². The number of likely N-dealkylation sites (N-methyl/N-ethyl adjacent to an activating group) is 1. The summed E-state index contributed by atoms with van der Waals surface area (Å²) < 4.78 is 39.9. The van der Waals surface area contributed by atoms with Gasteiger partial charge in [-0.1, -0.05) is 0 Å². The molecule has 1 aliphatic rings. The SMILES string of the molecule is CN(Cc1ncc[nH]1)C(=O)[C@H]1CCCN1S(=O)(=O)c1ccc(F)cc1. The molecular weight excluding hydrogens is 347 g/mol. The molecule has 7 nitrogen and oxygen atoms in total. The number of hydrogen-bond donors (Lipinski definition) is 1. The Morgan fingerprint density at radius 3 is 2.76 bits per heavy atom. The Morgan fingerprint density at radius 2 is 2.12 bits per heavy atom. The smallest absolute Gasteiger partial charge is 0.243 e. The van der Waals surface area contributed by atoms with Crippen LogP contribution < -0.4 is 0 Å². The third-order valence-corrected chi connectivity index (χ3v) is 6.15. The molecule has 1 atom stereocenters. The second-order valence-electron chi connectivity index (χ2n) is 5.96. The van der Waals surface area contributed by atoms with Crippen LogP contribution >= 0.6 is 0 Å². The molecule has 0 spiro atoms. The van der Waals surface area contributed by atoms with Crippen molar-refractivity contribution in [3.8, 4) is 0 Å². The van der Waals surface area contributed by atoms with E-state index >= 15 is 0 Å². The zero-order chi connectivity index (χ0) is 18.0. The predicted molar refractivity (Wildman–Crippen MR) is 88.4 cm³/mol. The minimum atomic E-state index is -3.85. The van der Waals surface area contributed by atoms with Gasteiger partial charge in [-0.05, 0) is 37.1 Å². The molecule has 2 aromatic rings. The predicted octanol–water partition coefficient (Wildman–Crippen LogP) is 1.36. The van der Waals surface area contributed by atoms with E-state index in [1.807, 2.05) is 0 Å². The Hall–Kier alpha value is -2.26. The molecule has 0 unspecified atom stereocenters. The number of aromatic amines is 1. The third-order valence-electron chi connectivity index (χ3n) is 4.23. The third kappa shape index (κ3) is 3.57. The number of carbonyl (C=O) groups is 1. The number of nitrogens with one attached hydrogen (secondary N) is 1. The van der Waals surface area contributed by atoms with Crippen LogP contribution in [-0.2, 0) is 21.4 Å². The van der Waals surface area contributed by atoms with Crippen LogP contribution in [-0.4, -0.2) is 53.1 Å². The number of halogens is 1. The van der Waals surface area contributed by atoms with E-state index in [0.717, 1.165) is 12.1 Å². The molecule has 0 saturated carbocycles. The summed E-state index contributed by atoms with van der Waals surface area (Å²) in [5.74, 6) is -0.160. The van der Waals surface area contributed by atoms with Crippen molar-refractivity contribution in [3.63, 3.8) is 0 Å². The molecule has 1 amide bonds. The standard InChI is InChI=1S/C16H19FN4O3S/c1-20(11-15-18-8-9-19-15)16(22)14-3-2-10-21(14)25(23,24)13-6-4-12(17)5-7-13/h4-9,14H,2-3,10-11H2,1H3,(H,18,19)/t14-/m1/s1. The van der Waals surface area contributed by atoms with Crippen molar-refractivity contribution in [2.45, 2.75) is 30.3 Å². The second-order valence-corrected chi connectivity index (χ2v) is 7.85. The van der Waals surface area contributed by atoms with E-state index in [-0.39, 0.29) is 23.9 Å². The Balaban J connectivity index is 1.79. The number of rotatable bonds is 5. The van der Waals surface area contributed by atoms with Gasteiger partial charge in [0.15, 0.2) is 0 Å². The lowest BCUT2D eigenvalue weighted by atomic mass is 10.2. The summed E-state index contributed by atoms with van der Waals surface area (Å²) in [5.41, 5.74) is 0. The molecule has 1 saturated heterocycles. The summed E-state index contributed by atoms with van der Waals surface area (Å²) in [5, 5.41) is 0. The van der Waals surface area contributed by atoms with Gasteiger partial charge in [0.2, 0.25) is 15.9 Å². The van der Waals surface area contributed by atoms with Crippen molar-refractivity contribution in [1.82, 2.24) is 19.2 Å². The van der Waals surface area contributed by atoms with E-state index in [1.54, 1.807) is 19.4 Å². The summed E-state index contributed by atoms with van der Waals surface area (Å²) in [4.78, 5) is 21.2. The minimum absolute atomic E-state index is 0.0118. The molecule has 1 aromatic carbocycles. The Labute approximate surface area is 145 Å². The molecule has 134 valence electrons. The second kappa shape index (κ2) is 6.93. The maximum Gasteiger partial charge on any atom is 0.243 e. The van der Waals surface area contributed by atoms with Gasteiger partial charge in [-0.25, -0.2) is 17.8 Å². The topological polar surface area (TPSA) is 86.4 Å². The van der Waals surface area contributed by atoms with Crippen LogP contribution in [0.25, 0.3) is 0 Å². The van der Waals surface area contributed by atoms with Crippen LogP contribution in [0.4, 0.5) is 4.39 Å². The van der Waals surface area contributed by atoms with Gasteiger partial charge < -0.3 is 9.88 Å². The molecular formula is C16H19FN4O3S. The average Bonchev–Trinajstić information content (AvgIpc) is 3.26. The van der Waals surface area contributed by atoms with Crippen LogP contribution in [0.15, 0.2) is 41.6 Å². The highest BCUT2D eigenvalue weighted by Gasteiger charge is 2.40. The van der Waals surface area contributed by atoms with Gasteiger partial charge in [-0.15, -0.1) is 0 Å². The highest BCUT2D eigenvalue weighted by Crippen LogP contribution is 2.27. The number of H-pyrrole nitrogens is 1. The number of amides is 1. The lowest BCUT2D eigenvalue weighted by molar-refractivity contribution is -0.133. The average molecular weight is 366 g/mol. The summed E-state index contributed by atoms with van der Waals surface area (Å²) in [7, 11) is -2.23. The highest BCUT2D eigenvalue weighted by molar-refractivity contribution is 7.89. The number of sulfonamides is 1. The van der Waals surface area contributed by atoms with Crippen molar-refractivity contribution in [3.05, 3.63) is 48.3 Å². The molecule has 1 N–H and O–H groups in total. The first kappa shape index (κ1) is 17.6. The summed E-state index contributed by atoms with van der Waals surface area (Å²) in [6, 6.07) is 3.88. The molecule has 25 heavy (non-hydrogen) atoms. The van der Waals surface area contributed by atoms with Gasteiger partial charge in [0, 0.05) is 26.0 Å².